The fourth-order valence-electron chi connectivity index (χ4n) is 7.97. The van der Waals surface area contributed by atoms with Crippen molar-refractivity contribution in [3.8, 4) is 22.3 Å². The van der Waals surface area contributed by atoms with E-state index in [0.717, 1.165) is 35.7 Å². The van der Waals surface area contributed by atoms with Gasteiger partial charge in [0.25, 0.3) is 0 Å². The molecule has 0 unspecified atom stereocenters. The minimum atomic E-state index is -0.256. The van der Waals surface area contributed by atoms with E-state index in [2.05, 4.69) is 181 Å². The number of rotatable bonds is 2. The van der Waals surface area contributed by atoms with Gasteiger partial charge in [0.05, 0.1) is 5.41 Å². The zero-order valence-corrected chi connectivity index (χ0v) is 36.1. The van der Waals surface area contributed by atoms with Gasteiger partial charge in [-0.25, -0.2) is 0 Å². The van der Waals surface area contributed by atoms with Crippen molar-refractivity contribution in [2.45, 2.75) is 25.0 Å². The maximum Gasteiger partial charge on any atom is 0.194 e. The summed E-state index contributed by atoms with van der Waals surface area (Å²) in [7, 11) is 0. The normalized spacial score (nSPS) is 13.1. The van der Waals surface area contributed by atoms with Crippen LogP contribution >= 0.6 is 71.3 Å². The molecule has 0 bridgehead atoms. The van der Waals surface area contributed by atoms with Crippen LogP contribution in [-0.2, 0) is 5.41 Å². The van der Waals surface area contributed by atoms with Crippen LogP contribution in [0.3, 0.4) is 0 Å². The van der Waals surface area contributed by atoms with Gasteiger partial charge >= 0.3 is 0 Å². The Labute approximate surface area is 361 Å². The lowest BCUT2D eigenvalue weighted by molar-refractivity contribution is 0.104. The molecule has 2 aliphatic carbocycles. The first-order chi connectivity index (χ1) is 27.4. The zero-order chi connectivity index (χ0) is 38.2. The maximum absolute atomic E-state index is 12.0. The number of hydrogen-bond acceptors (Lipinski definition) is 3. The SMILES string of the molecule is Brc1ccc2c(c1)C1(c3ccccc3Sc3ccccc31)c1ccccc1-2.Brc1ccccc1Sc1ccccc1.O=C1c2ccccc2-c2ccc(Br)cc21. The van der Waals surface area contributed by atoms with E-state index in [0.29, 0.717) is 0 Å². The monoisotopic (exact) mass is 948 g/mol. The predicted molar refractivity (Wildman–Crippen MR) is 243 cm³/mol. The molecule has 0 saturated heterocycles. The number of ketones is 1. The second-order valence-corrected chi connectivity index (χ2v) is 18.4. The van der Waals surface area contributed by atoms with Gasteiger partial charge in [0, 0.05) is 44.1 Å². The van der Waals surface area contributed by atoms with Gasteiger partial charge in [-0.15, -0.1) is 0 Å². The van der Waals surface area contributed by atoms with Crippen molar-refractivity contribution in [2.24, 2.45) is 0 Å². The van der Waals surface area contributed by atoms with E-state index >= 15 is 0 Å². The fourth-order valence-corrected chi connectivity index (χ4v) is 11.3. The van der Waals surface area contributed by atoms with Crippen LogP contribution in [0.5, 0.6) is 0 Å². The molecule has 0 atom stereocenters. The van der Waals surface area contributed by atoms with Crippen molar-refractivity contribution >= 4 is 77.1 Å². The quantitative estimate of drug-likeness (QED) is 0.172. The molecule has 1 heterocycles. The standard InChI is InChI=1S/C25H15BrS.C13H7BrO.C12H9BrS/c26-16-13-14-18-17-7-1-2-8-19(17)25(22(18)15-16)20-9-3-5-11-23(20)27-24-12-6-4-10-21(24)25;14-8-5-6-10-9-3-1-2-4-11(9)13(15)12(10)7-8;13-11-8-4-5-9-12(11)14-10-6-2-1-3-7-10/h1-15H;1-7H;1-9H. The van der Waals surface area contributed by atoms with Crippen molar-refractivity contribution in [1.82, 2.24) is 0 Å². The van der Waals surface area contributed by atoms with Crippen LogP contribution in [0, 0.1) is 0 Å². The van der Waals surface area contributed by atoms with E-state index in [1.807, 2.05) is 66.4 Å². The largest absolute Gasteiger partial charge is 0.289 e. The van der Waals surface area contributed by atoms with Crippen LogP contribution < -0.4 is 0 Å². The molecule has 270 valence electrons. The second-order valence-electron chi connectivity index (χ2n) is 13.5. The Morgan fingerprint density at radius 1 is 0.411 bits per heavy atom. The minimum Gasteiger partial charge on any atom is -0.289 e. The van der Waals surface area contributed by atoms with Crippen molar-refractivity contribution in [2.75, 3.05) is 0 Å². The Balaban J connectivity index is 0.000000120. The average Bonchev–Trinajstić information content (AvgIpc) is 3.68. The Morgan fingerprint density at radius 2 is 0.911 bits per heavy atom. The highest BCUT2D eigenvalue weighted by Crippen LogP contribution is 2.62. The van der Waals surface area contributed by atoms with E-state index in [-0.39, 0.29) is 11.2 Å². The first-order valence-electron chi connectivity index (χ1n) is 18.1. The molecule has 3 aliphatic rings. The minimum absolute atomic E-state index is 0.127. The molecule has 8 aromatic carbocycles. The van der Waals surface area contributed by atoms with Gasteiger partial charge in [-0.05, 0) is 121 Å². The Bertz CT molecular complexity index is 2730. The summed E-state index contributed by atoms with van der Waals surface area (Å²) in [6.45, 7) is 0. The molecular formula is C50H31Br3OS2. The molecule has 0 fully saturated rings. The van der Waals surface area contributed by atoms with Crippen LogP contribution in [0.4, 0.5) is 0 Å². The summed E-state index contributed by atoms with van der Waals surface area (Å²) in [5.74, 6) is 0.127. The molecule has 0 saturated carbocycles. The Hall–Kier alpha value is -4.43. The summed E-state index contributed by atoms with van der Waals surface area (Å²) in [5, 5.41) is 0. The van der Waals surface area contributed by atoms with Gasteiger partial charge in [0.15, 0.2) is 5.78 Å². The van der Waals surface area contributed by atoms with Gasteiger partial charge in [-0.2, -0.15) is 0 Å². The molecule has 6 heteroatoms. The molecule has 56 heavy (non-hydrogen) atoms. The fraction of sp³-hybridized carbons (Fsp3) is 0.0200. The third-order valence-electron chi connectivity index (χ3n) is 10.3. The van der Waals surface area contributed by atoms with Crippen LogP contribution in [0.2, 0.25) is 0 Å². The van der Waals surface area contributed by atoms with Gasteiger partial charge in [-0.3, -0.25) is 4.79 Å². The summed E-state index contributed by atoms with van der Waals surface area (Å²) < 4.78 is 3.22. The highest BCUT2D eigenvalue weighted by atomic mass is 79.9. The number of benzene rings is 8. The summed E-state index contributed by atoms with van der Waals surface area (Å²) >= 11 is 14.3. The third-order valence-corrected chi connectivity index (χ3v) is 14.5. The number of carbonyl (C=O) groups is 1. The lowest BCUT2D eigenvalue weighted by Gasteiger charge is -2.39. The molecule has 0 aromatic heterocycles. The van der Waals surface area contributed by atoms with Gasteiger partial charge in [-0.1, -0.05) is 183 Å². The molecule has 0 radical (unpaired) electrons. The van der Waals surface area contributed by atoms with Crippen molar-refractivity contribution in [1.29, 1.82) is 0 Å². The highest BCUT2D eigenvalue weighted by Gasteiger charge is 2.50. The van der Waals surface area contributed by atoms with Crippen molar-refractivity contribution < 1.29 is 4.79 Å². The molecule has 0 N–H and O–H groups in total. The van der Waals surface area contributed by atoms with E-state index in [1.165, 1.54) is 53.0 Å². The first-order valence-corrected chi connectivity index (χ1v) is 22.1. The predicted octanol–water partition coefficient (Wildman–Crippen LogP) is 15.5. The van der Waals surface area contributed by atoms with Crippen LogP contribution in [-0.4, -0.2) is 5.78 Å². The lowest BCUT2D eigenvalue weighted by atomic mass is 9.67. The van der Waals surface area contributed by atoms with Crippen LogP contribution in [0.25, 0.3) is 22.3 Å². The van der Waals surface area contributed by atoms with Crippen molar-refractivity contribution in [3.05, 3.63) is 235 Å². The number of carbonyl (C=O) groups excluding carboxylic acids is 1. The van der Waals surface area contributed by atoms with Gasteiger partial charge in [0.1, 0.15) is 0 Å². The third kappa shape index (κ3) is 6.65. The van der Waals surface area contributed by atoms with E-state index in [1.54, 1.807) is 11.8 Å². The van der Waals surface area contributed by atoms with Gasteiger partial charge in [0.2, 0.25) is 0 Å². The molecular weight excluding hydrogens is 920 g/mol. The highest BCUT2D eigenvalue weighted by molar-refractivity contribution is 9.11. The molecule has 11 rings (SSSR count). The van der Waals surface area contributed by atoms with E-state index in [4.69, 9.17) is 0 Å². The molecule has 1 spiro atoms. The summed E-state index contributed by atoms with van der Waals surface area (Å²) in [5.41, 5.74) is 11.7. The molecule has 0 amide bonds. The molecule has 1 nitrogen and oxygen atoms in total. The smallest absolute Gasteiger partial charge is 0.194 e. The number of halogens is 3. The zero-order valence-electron chi connectivity index (χ0n) is 29.8. The molecule has 1 aliphatic heterocycles. The summed E-state index contributed by atoms with van der Waals surface area (Å²) in [4.78, 5) is 17.2. The summed E-state index contributed by atoms with van der Waals surface area (Å²) in [6, 6.07) is 65.6. The average molecular weight is 952 g/mol. The maximum atomic E-state index is 12.0. The van der Waals surface area contributed by atoms with E-state index < -0.39 is 0 Å². The van der Waals surface area contributed by atoms with E-state index in [9.17, 15) is 4.79 Å². The number of hydrogen-bond donors (Lipinski definition) is 0. The van der Waals surface area contributed by atoms with Gasteiger partial charge < -0.3 is 0 Å². The Kier molecular flexibility index (Phi) is 10.5. The topological polar surface area (TPSA) is 17.1 Å². The number of fused-ring (bicyclic) bond motifs is 12. The van der Waals surface area contributed by atoms with Crippen LogP contribution in [0.15, 0.2) is 221 Å². The van der Waals surface area contributed by atoms with Crippen LogP contribution in [0.1, 0.15) is 38.2 Å². The summed E-state index contributed by atoms with van der Waals surface area (Å²) in [6.07, 6.45) is 0. The lowest BCUT2D eigenvalue weighted by Crippen LogP contribution is -2.31. The molecule has 8 aromatic rings. The Morgan fingerprint density at radius 3 is 1.61 bits per heavy atom. The van der Waals surface area contributed by atoms with Crippen molar-refractivity contribution in [3.63, 3.8) is 0 Å². The second kappa shape index (κ2) is 15.8. The first kappa shape index (κ1) is 37.2.